The molecule has 222 valence electrons. The third kappa shape index (κ3) is 6.71. The highest BCUT2D eigenvalue weighted by Crippen LogP contribution is 2.35. The lowest BCUT2D eigenvalue weighted by Gasteiger charge is -2.12. The molecule has 0 radical (unpaired) electrons. The quantitative estimate of drug-likeness (QED) is 0.0745. The van der Waals surface area contributed by atoms with Crippen molar-refractivity contribution in [3.8, 4) is 28.4 Å². The number of methoxy groups -OCH3 is 1. The lowest BCUT2D eigenvalue weighted by Crippen LogP contribution is -2.19. The van der Waals surface area contributed by atoms with Crippen LogP contribution in [0.4, 0.5) is 4.39 Å². The Hall–Kier alpha value is -4.81. The number of esters is 2. The fourth-order valence-electron chi connectivity index (χ4n) is 4.42. The van der Waals surface area contributed by atoms with Gasteiger partial charge in [0.1, 0.15) is 11.5 Å². The summed E-state index contributed by atoms with van der Waals surface area (Å²) in [6, 6.07) is 21.0. The normalized spacial score (nSPS) is 11.0. The van der Waals surface area contributed by atoms with Crippen molar-refractivity contribution < 1.29 is 33.0 Å². The monoisotopic (exact) mass is 721 g/mol. The number of carbonyl (C=O) groups excluding carboxylic acids is 3. The number of hydrazone groups is 1. The zero-order chi connectivity index (χ0) is 31.4. The van der Waals surface area contributed by atoms with Crippen molar-refractivity contribution in [2.24, 2.45) is 5.10 Å². The number of hydrogen-bond acceptors (Lipinski definition) is 7. The largest absolute Gasteiger partial charge is 0.493 e. The minimum absolute atomic E-state index is 0.130. The van der Waals surface area contributed by atoms with E-state index in [1.165, 1.54) is 50.6 Å². The molecule has 44 heavy (non-hydrogen) atoms. The van der Waals surface area contributed by atoms with E-state index in [9.17, 15) is 18.8 Å². The number of fused-ring (bicyclic) bond motifs is 1. The molecule has 0 fully saturated rings. The van der Waals surface area contributed by atoms with E-state index >= 15 is 0 Å². The molecule has 0 aliphatic rings. The van der Waals surface area contributed by atoms with Gasteiger partial charge in [0.05, 0.1) is 23.4 Å². The van der Waals surface area contributed by atoms with E-state index in [-0.39, 0.29) is 28.5 Å². The first-order valence-electron chi connectivity index (χ1n) is 12.9. The molecule has 4 aromatic carbocycles. The predicted molar refractivity (Wildman–Crippen MR) is 170 cm³/mol. The van der Waals surface area contributed by atoms with E-state index in [2.05, 4.69) is 47.4 Å². The number of halogens is 3. The molecular formula is C32H22Br2FN3O6. The second-order valence-corrected chi connectivity index (χ2v) is 11.1. The summed E-state index contributed by atoms with van der Waals surface area (Å²) < 4.78 is 31.2. The van der Waals surface area contributed by atoms with Crippen molar-refractivity contribution in [2.75, 3.05) is 7.11 Å². The molecule has 0 saturated carbocycles. The number of carbonyl (C=O) groups is 3. The van der Waals surface area contributed by atoms with Gasteiger partial charge in [-0.25, -0.2) is 14.6 Å². The van der Waals surface area contributed by atoms with Gasteiger partial charge in [-0.1, -0.05) is 46.3 Å². The zero-order valence-electron chi connectivity index (χ0n) is 23.1. The van der Waals surface area contributed by atoms with Crippen LogP contribution < -0.4 is 19.6 Å². The van der Waals surface area contributed by atoms with Crippen molar-refractivity contribution >= 4 is 66.8 Å². The van der Waals surface area contributed by atoms with Crippen LogP contribution >= 0.6 is 31.9 Å². The van der Waals surface area contributed by atoms with Gasteiger partial charge in [-0.15, -0.1) is 0 Å². The van der Waals surface area contributed by atoms with Crippen LogP contribution in [0.15, 0.2) is 92.9 Å². The third-order valence-corrected chi connectivity index (χ3v) is 7.35. The molecule has 0 aliphatic carbocycles. The molecular weight excluding hydrogens is 701 g/mol. The summed E-state index contributed by atoms with van der Waals surface area (Å²) in [5.41, 5.74) is 5.02. The van der Waals surface area contributed by atoms with Gasteiger partial charge in [-0.2, -0.15) is 5.10 Å². The Balaban J connectivity index is 1.41. The summed E-state index contributed by atoms with van der Waals surface area (Å²) in [5, 5.41) is 4.66. The number of amides is 1. The molecule has 2 N–H and O–H groups in total. The standard InChI is InChI=1S/C32H22Br2FN3O6/c1-17(39)43-26-11-8-19(13-27(26)42-2)32(41)44-30-20(12-21(33)14-24(30)34)16-36-38-31(40)29-28(18-6-4-3-5-7-18)23-15-22(35)9-10-25(23)37-29/h3-16,37H,1-2H3,(H,38,40). The van der Waals surface area contributed by atoms with Crippen LogP contribution in [-0.2, 0) is 4.79 Å². The highest BCUT2D eigenvalue weighted by Gasteiger charge is 2.21. The average Bonchev–Trinajstić information content (AvgIpc) is 3.37. The molecule has 0 unspecified atom stereocenters. The van der Waals surface area contributed by atoms with Gasteiger partial charge >= 0.3 is 11.9 Å². The first kappa shape index (κ1) is 30.6. The Morgan fingerprint density at radius 3 is 2.43 bits per heavy atom. The summed E-state index contributed by atoms with van der Waals surface area (Å²) in [7, 11) is 1.38. The first-order valence-corrected chi connectivity index (χ1v) is 14.5. The number of benzene rings is 4. The third-order valence-electron chi connectivity index (χ3n) is 6.30. The summed E-state index contributed by atoms with van der Waals surface area (Å²) in [4.78, 5) is 40.8. The summed E-state index contributed by atoms with van der Waals surface area (Å²) in [5.74, 6) is -1.81. The summed E-state index contributed by atoms with van der Waals surface area (Å²) in [6.07, 6.45) is 1.32. The van der Waals surface area contributed by atoms with Crippen molar-refractivity contribution in [1.82, 2.24) is 10.4 Å². The highest BCUT2D eigenvalue weighted by molar-refractivity contribution is 9.11. The topological polar surface area (TPSA) is 119 Å². The van der Waals surface area contributed by atoms with Crippen LogP contribution in [0.5, 0.6) is 17.2 Å². The van der Waals surface area contributed by atoms with Crippen LogP contribution in [0.25, 0.3) is 22.0 Å². The van der Waals surface area contributed by atoms with Gasteiger partial charge in [0.15, 0.2) is 17.2 Å². The van der Waals surface area contributed by atoms with Crippen molar-refractivity contribution in [3.05, 3.63) is 110 Å². The number of H-pyrrole nitrogens is 1. The van der Waals surface area contributed by atoms with Crippen LogP contribution in [-0.4, -0.2) is 36.2 Å². The molecule has 0 aliphatic heterocycles. The van der Waals surface area contributed by atoms with E-state index < -0.39 is 23.7 Å². The van der Waals surface area contributed by atoms with E-state index in [1.807, 2.05) is 30.3 Å². The van der Waals surface area contributed by atoms with E-state index in [4.69, 9.17) is 14.2 Å². The zero-order valence-corrected chi connectivity index (χ0v) is 26.3. The second-order valence-electron chi connectivity index (χ2n) is 9.28. The molecule has 0 spiro atoms. The highest BCUT2D eigenvalue weighted by atomic mass is 79.9. The number of hydrogen-bond donors (Lipinski definition) is 2. The number of ether oxygens (including phenoxy) is 3. The van der Waals surface area contributed by atoms with Gasteiger partial charge in [-0.3, -0.25) is 9.59 Å². The smallest absolute Gasteiger partial charge is 0.343 e. The summed E-state index contributed by atoms with van der Waals surface area (Å²) >= 11 is 6.82. The number of rotatable bonds is 8. The first-order chi connectivity index (χ1) is 21.1. The molecule has 1 heterocycles. The molecule has 12 heteroatoms. The molecule has 5 rings (SSSR count). The van der Waals surface area contributed by atoms with Crippen LogP contribution in [0.1, 0.15) is 33.3 Å². The Kier molecular flexibility index (Phi) is 9.21. The molecule has 0 saturated heterocycles. The fraction of sp³-hybridized carbons (Fsp3) is 0.0625. The maximum absolute atomic E-state index is 14.1. The van der Waals surface area contributed by atoms with Gasteiger partial charge in [0.25, 0.3) is 5.91 Å². The number of aromatic amines is 1. The predicted octanol–water partition coefficient (Wildman–Crippen LogP) is 7.42. The van der Waals surface area contributed by atoms with Crippen molar-refractivity contribution in [3.63, 3.8) is 0 Å². The van der Waals surface area contributed by atoms with Gasteiger partial charge < -0.3 is 19.2 Å². The van der Waals surface area contributed by atoms with Crippen molar-refractivity contribution in [2.45, 2.75) is 6.92 Å². The Bertz CT molecular complexity index is 1940. The number of nitrogens with one attached hydrogen (secondary N) is 2. The Labute approximate surface area is 267 Å². The lowest BCUT2D eigenvalue weighted by molar-refractivity contribution is -0.132. The fourth-order valence-corrected chi connectivity index (χ4v) is 5.76. The molecule has 9 nitrogen and oxygen atoms in total. The summed E-state index contributed by atoms with van der Waals surface area (Å²) in [6.45, 7) is 1.25. The lowest BCUT2D eigenvalue weighted by atomic mass is 10.0. The van der Waals surface area contributed by atoms with Gasteiger partial charge in [0, 0.05) is 33.4 Å². The molecule has 0 atom stereocenters. The molecule has 1 aromatic heterocycles. The average molecular weight is 723 g/mol. The minimum atomic E-state index is -0.725. The van der Waals surface area contributed by atoms with Crippen LogP contribution in [0.2, 0.25) is 0 Å². The second kappa shape index (κ2) is 13.2. The van der Waals surface area contributed by atoms with Gasteiger partial charge in [0.2, 0.25) is 0 Å². The number of aromatic nitrogens is 1. The van der Waals surface area contributed by atoms with E-state index in [0.717, 1.165) is 5.56 Å². The molecule has 5 aromatic rings. The Morgan fingerprint density at radius 1 is 0.932 bits per heavy atom. The van der Waals surface area contributed by atoms with Crippen molar-refractivity contribution in [1.29, 1.82) is 0 Å². The number of nitrogens with zero attached hydrogens (tertiary/aromatic N) is 1. The maximum atomic E-state index is 14.1. The Morgan fingerprint density at radius 2 is 1.70 bits per heavy atom. The van der Waals surface area contributed by atoms with Crippen LogP contribution in [0.3, 0.4) is 0 Å². The minimum Gasteiger partial charge on any atom is -0.493 e. The molecule has 1 amide bonds. The molecule has 0 bridgehead atoms. The SMILES string of the molecule is COc1cc(C(=O)Oc2c(Br)cc(Br)cc2C=NNC(=O)c2[nH]c3ccc(F)cc3c2-c2ccccc2)ccc1OC(C)=O. The van der Waals surface area contributed by atoms with E-state index in [0.29, 0.717) is 31.0 Å². The maximum Gasteiger partial charge on any atom is 0.343 e. The van der Waals surface area contributed by atoms with Gasteiger partial charge in [-0.05, 0) is 70.0 Å². The van der Waals surface area contributed by atoms with Crippen LogP contribution in [0, 0.1) is 5.82 Å². The van der Waals surface area contributed by atoms with E-state index in [1.54, 1.807) is 18.2 Å².